The van der Waals surface area contributed by atoms with Crippen LogP contribution in [-0.2, 0) is 7.05 Å². The molecule has 0 fully saturated rings. The second-order valence-corrected chi connectivity index (χ2v) is 7.10. The molecule has 0 radical (unpaired) electrons. The summed E-state index contributed by atoms with van der Waals surface area (Å²) in [6.07, 6.45) is 2.02. The van der Waals surface area contributed by atoms with E-state index in [0.717, 1.165) is 35.2 Å². The number of rotatable bonds is 4. The lowest BCUT2D eigenvalue weighted by Crippen LogP contribution is -2.24. The fourth-order valence-corrected chi connectivity index (χ4v) is 3.79. The molecule has 0 aliphatic carbocycles. The number of hydrogen-bond donors (Lipinski definition) is 0. The van der Waals surface area contributed by atoms with E-state index in [1.165, 1.54) is 0 Å². The lowest BCUT2D eigenvalue weighted by molar-refractivity contribution is 0.644. The molecular weight excluding hydrogens is 334 g/mol. The smallest absolute Gasteiger partial charge is 0.278 e. The highest BCUT2D eigenvalue weighted by atomic mass is 35.5. The zero-order valence-corrected chi connectivity index (χ0v) is 16.2. The van der Waals surface area contributed by atoms with Crippen LogP contribution in [0.4, 0.5) is 0 Å². The van der Waals surface area contributed by atoms with E-state index >= 15 is 0 Å². The fraction of sp³-hybridized carbons (Fsp3) is 0.400. The van der Waals surface area contributed by atoms with Crippen LogP contribution in [0.1, 0.15) is 49.4 Å². The van der Waals surface area contributed by atoms with Crippen molar-refractivity contribution < 1.29 is 0 Å². The molecule has 0 atom stereocenters. The van der Waals surface area contributed by atoms with Gasteiger partial charge in [0.1, 0.15) is 5.52 Å². The molecule has 0 amide bonds. The van der Waals surface area contributed by atoms with Gasteiger partial charge in [0.25, 0.3) is 5.56 Å². The monoisotopic (exact) mass is 357 g/mol. The van der Waals surface area contributed by atoms with E-state index in [-0.39, 0.29) is 5.56 Å². The molecule has 0 aliphatic rings. The third kappa shape index (κ3) is 2.89. The molecule has 0 saturated carbocycles. The molecule has 132 valence electrons. The van der Waals surface area contributed by atoms with Crippen molar-refractivity contribution in [3.63, 3.8) is 0 Å². The number of fused-ring (bicyclic) bond motifs is 1. The van der Waals surface area contributed by atoms with Crippen LogP contribution in [0.25, 0.3) is 16.9 Å². The minimum atomic E-state index is -0.00523. The highest BCUT2D eigenvalue weighted by Crippen LogP contribution is 2.29. The Hall–Kier alpha value is -2.07. The molecular formula is C20H24ClN3O. The van der Waals surface area contributed by atoms with Gasteiger partial charge in [-0.25, -0.2) is 4.52 Å². The van der Waals surface area contributed by atoms with Crippen molar-refractivity contribution in [2.24, 2.45) is 7.05 Å². The lowest BCUT2D eigenvalue weighted by atomic mass is 9.95. The largest absolute Gasteiger partial charge is 0.293 e. The van der Waals surface area contributed by atoms with Gasteiger partial charge in [0.05, 0.1) is 0 Å². The van der Waals surface area contributed by atoms with Crippen molar-refractivity contribution in [3.05, 3.63) is 56.5 Å². The SMILES string of the molecule is CCC(CC)c1cc(C)n2nc(-c3ccc(Cl)cc3C)n(C)c(=O)c12. The van der Waals surface area contributed by atoms with Crippen LogP contribution in [0.3, 0.4) is 0 Å². The quantitative estimate of drug-likeness (QED) is 0.668. The minimum Gasteiger partial charge on any atom is -0.293 e. The van der Waals surface area contributed by atoms with Gasteiger partial charge in [-0.15, -0.1) is 5.10 Å². The van der Waals surface area contributed by atoms with Gasteiger partial charge in [-0.05, 0) is 68.0 Å². The molecule has 0 spiro atoms. The normalized spacial score (nSPS) is 11.6. The molecule has 25 heavy (non-hydrogen) atoms. The molecule has 0 aliphatic heterocycles. The number of benzene rings is 1. The van der Waals surface area contributed by atoms with E-state index < -0.39 is 0 Å². The van der Waals surface area contributed by atoms with Crippen molar-refractivity contribution in [2.45, 2.75) is 46.5 Å². The van der Waals surface area contributed by atoms with Gasteiger partial charge in [-0.3, -0.25) is 9.36 Å². The standard InChI is InChI=1S/C20H24ClN3O/c1-6-14(7-2)17-11-13(4)24-18(17)20(25)23(5)19(22-24)16-9-8-15(21)10-12(16)3/h8-11,14H,6-7H2,1-5H3. The number of hydrogen-bond acceptors (Lipinski definition) is 2. The van der Waals surface area contributed by atoms with Crippen molar-refractivity contribution >= 4 is 17.1 Å². The third-order valence-corrected chi connectivity index (χ3v) is 5.29. The van der Waals surface area contributed by atoms with Crippen LogP contribution in [0.5, 0.6) is 0 Å². The molecule has 2 aromatic heterocycles. The summed E-state index contributed by atoms with van der Waals surface area (Å²) in [6, 6.07) is 7.76. The number of aromatic nitrogens is 3. The number of halogens is 1. The van der Waals surface area contributed by atoms with Crippen molar-refractivity contribution in [3.8, 4) is 11.4 Å². The molecule has 0 saturated heterocycles. The molecule has 3 rings (SSSR count). The Bertz CT molecular complexity index is 996. The zero-order valence-electron chi connectivity index (χ0n) is 15.4. The van der Waals surface area contributed by atoms with Crippen LogP contribution in [0.2, 0.25) is 5.02 Å². The van der Waals surface area contributed by atoms with Gasteiger partial charge < -0.3 is 0 Å². The van der Waals surface area contributed by atoms with Crippen LogP contribution in [0.15, 0.2) is 29.1 Å². The molecule has 0 bridgehead atoms. The summed E-state index contributed by atoms with van der Waals surface area (Å²) in [7, 11) is 1.79. The molecule has 0 unspecified atom stereocenters. The van der Waals surface area contributed by atoms with Gasteiger partial charge in [-0.2, -0.15) is 0 Å². The van der Waals surface area contributed by atoms with Gasteiger partial charge in [0.15, 0.2) is 5.82 Å². The van der Waals surface area contributed by atoms with E-state index in [9.17, 15) is 4.79 Å². The summed E-state index contributed by atoms with van der Waals surface area (Å²) in [5.74, 6) is 1.03. The van der Waals surface area contributed by atoms with Crippen LogP contribution in [-0.4, -0.2) is 14.2 Å². The van der Waals surface area contributed by atoms with E-state index in [0.29, 0.717) is 22.3 Å². The Labute approximate surface area is 153 Å². The second-order valence-electron chi connectivity index (χ2n) is 6.66. The lowest BCUT2D eigenvalue weighted by Gasteiger charge is -2.14. The van der Waals surface area contributed by atoms with Crippen LogP contribution < -0.4 is 5.56 Å². The Morgan fingerprint density at radius 2 is 1.84 bits per heavy atom. The molecule has 3 aromatic rings. The fourth-order valence-electron chi connectivity index (χ4n) is 3.57. The Kier molecular flexibility index (Phi) is 4.74. The first kappa shape index (κ1) is 17.7. The Morgan fingerprint density at radius 3 is 2.44 bits per heavy atom. The van der Waals surface area contributed by atoms with Crippen LogP contribution >= 0.6 is 11.6 Å². The number of nitrogens with zero attached hydrogens (tertiary/aromatic N) is 3. The molecule has 0 N–H and O–H groups in total. The van der Waals surface area contributed by atoms with E-state index in [4.69, 9.17) is 16.7 Å². The van der Waals surface area contributed by atoms with E-state index in [1.54, 1.807) is 16.1 Å². The van der Waals surface area contributed by atoms with Gasteiger partial charge in [0, 0.05) is 23.3 Å². The summed E-state index contributed by atoms with van der Waals surface area (Å²) in [5, 5.41) is 5.49. The summed E-state index contributed by atoms with van der Waals surface area (Å²) in [5.41, 5.74) is 4.71. The Morgan fingerprint density at radius 1 is 1.16 bits per heavy atom. The summed E-state index contributed by atoms with van der Waals surface area (Å²) < 4.78 is 3.45. The van der Waals surface area contributed by atoms with E-state index in [2.05, 4.69) is 19.9 Å². The minimum absolute atomic E-state index is 0.00523. The topological polar surface area (TPSA) is 39.3 Å². The third-order valence-electron chi connectivity index (χ3n) is 5.06. The summed E-state index contributed by atoms with van der Waals surface area (Å²) in [6.45, 7) is 8.31. The highest BCUT2D eigenvalue weighted by Gasteiger charge is 2.20. The average Bonchev–Trinajstić information content (AvgIpc) is 2.89. The Balaban J connectivity index is 2.34. The highest BCUT2D eigenvalue weighted by molar-refractivity contribution is 6.30. The maximum Gasteiger partial charge on any atom is 0.278 e. The molecule has 1 aromatic carbocycles. The first-order valence-electron chi connectivity index (χ1n) is 8.74. The molecule has 4 nitrogen and oxygen atoms in total. The maximum absolute atomic E-state index is 13.1. The predicted molar refractivity (Wildman–Crippen MR) is 104 cm³/mol. The van der Waals surface area contributed by atoms with Crippen molar-refractivity contribution in [1.82, 2.24) is 14.2 Å². The summed E-state index contributed by atoms with van der Waals surface area (Å²) >= 11 is 6.07. The van der Waals surface area contributed by atoms with Crippen molar-refractivity contribution in [1.29, 1.82) is 0 Å². The first-order valence-corrected chi connectivity index (χ1v) is 9.12. The first-order chi connectivity index (χ1) is 11.9. The summed E-state index contributed by atoms with van der Waals surface area (Å²) in [4.78, 5) is 13.1. The van der Waals surface area contributed by atoms with Crippen molar-refractivity contribution in [2.75, 3.05) is 0 Å². The molecule has 2 heterocycles. The van der Waals surface area contributed by atoms with Gasteiger partial charge in [-0.1, -0.05) is 25.4 Å². The maximum atomic E-state index is 13.1. The second kappa shape index (κ2) is 6.68. The van der Waals surface area contributed by atoms with Crippen LogP contribution in [0, 0.1) is 13.8 Å². The number of aryl methyl sites for hydroxylation is 2. The van der Waals surface area contributed by atoms with Gasteiger partial charge in [0.2, 0.25) is 0 Å². The zero-order chi connectivity index (χ0) is 18.3. The average molecular weight is 358 g/mol. The van der Waals surface area contributed by atoms with E-state index in [1.807, 2.05) is 32.0 Å². The molecule has 5 heteroatoms. The predicted octanol–water partition coefficient (Wildman–Crippen LogP) is 4.87. The van der Waals surface area contributed by atoms with Gasteiger partial charge >= 0.3 is 0 Å².